The van der Waals surface area contributed by atoms with E-state index in [2.05, 4.69) is 4.40 Å². The van der Waals surface area contributed by atoms with Gasteiger partial charge in [-0.1, -0.05) is 48.5 Å². The molecule has 0 saturated heterocycles. The summed E-state index contributed by atoms with van der Waals surface area (Å²) in [5.41, 5.74) is 5.03. The summed E-state index contributed by atoms with van der Waals surface area (Å²) < 4.78 is 12.6. The van der Waals surface area contributed by atoms with Crippen molar-refractivity contribution in [1.29, 1.82) is 0 Å². The number of hydrogen-bond acceptors (Lipinski definition) is 5. The van der Waals surface area contributed by atoms with Gasteiger partial charge in [0.15, 0.2) is 0 Å². The summed E-state index contributed by atoms with van der Waals surface area (Å²) >= 11 is 0. The average molecular weight is 466 g/mol. The molecule has 35 heavy (non-hydrogen) atoms. The van der Waals surface area contributed by atoms with E-state index in [-0.39, 0.29) is 11.9 Å². The third kappa shape index (κ3) is 3.44. The van der Waals surface area contributed by atoms with Crippen LogP contribution in [0.5, 0.6) is 0 Å². The molecule has 0 bridgehead atoms. The molecule has 0 fully saturated rings. The van der Waals surface area contributed by atoms with Crippen molar-refractivity contribution >= 4 is 45.3 Å². The van der Waals surface area contributed by atoms with Gasteiger partial charge in [-0.3, -0.25) is 4.79 Å². The van der Waals surface area contributed by atoms with E-state index < -0.39 is 11.9 Å². The van der Waals surface area contributed by atoms with Crippen LogP contribution < -0.4 is 0 Å². The molecule has 6 heteroatoms. The third-order valence-corrected chi connectivity index (χ3v) is 7.01. The molecule has 1 unspecified atom stereocenters. The number of cyclic esters (lactones) is 2. The van der Waals surface area contributed by atoms with E-state index in [1.54, 1.807) is 0 Å². The van der Waals surface area contributed by atoms with Gasteiger partial charge in [-0.25, -0.2) is 9.59 Å². The highest BCUT2D eigenvalue weighted by molar-refractivity contribution is 6.46. The first-order valence-electron chi connectivity index (χ1n) is 11.8. The van der Waals surface area contributed by atoms with E-state index in [4.69, 9.17) is 9.47 Å². The molecule has 4 aromatic rings. The number of nitrogens with zero attached hydrogens (tertiary/aromatic N) is 1. The molecule has 2 aliphatic rings. The fourth-order valence-corrected chi connectivity index (χ4v) is 5.51. The number of hydrogen-bond donors (Lipinski definition) is 0. The van der Waals surface area contributed by atoms with Gasteiger partial charge in [0, 0.05) is 24.4 Å². The number of aromatic nitrogens is 1. The number of rotatable bonds is 4. The van der Waals surface area contributed by atoms with E-state index in [0.29, 0.717) is 29.7 Å². The summed E-state index contributed by atoms with van der Waals surface area (Å²) in [6.45, 7) is 1.74. The second-order valence-corrected chi connectivity index (χ2v) is 9.12. The van der Waals surface area contributed by atoms with Gasteiger partial charge >= 0.3 is 17.9 Å². The number of carbonyl (C=O) groups is 3. The lowest BCUT2D eigenvalue weighted by Crippen LogP contribution is -2.21. The third-order valence-electron chi connectivity index (χ3n) is 7.01. The predicted octanol–water partition coefficient (Wildman–Crippen LogP) is 4.75. The SMILES string of the molecule is CC(=O)OCC1CCc2c(c(C3=C(c4cccc5ccccc45)C(=O)OC3=O)c3ccccn23)C1. The van der Waals surface area contributed by atoms with Gasteiger partial charge in [0.1, 0.15) is 0 Å². The standard InChI is InChI=1S/C29H23NO5/c1-17(31)34-16-18-12-13-23-22(15-18)25(24-11-4-5-14-30(23)24)27-26(28(32)35-29(27)33)21-10-6-8-19-7-2-3-9-20(19)21/h2-11,14,18H,12-13,15-16H2,1H3. The first kappa shape index (κ1) is 21.4. The Morgan fingerprint density at radius 3 is 2.63 bits per heavy atom. The van der Waals surface area contributed by atoms with Crippen molar-refractivity contribution in [2.45, 2.75) is 26.2 Å². The summed E-state index contributed by atoms with van der Waals surface area (Å²) in [6.07, 6.45) is 4.30. The second kappa shape index (κ2) is 8.24. The minimum atomic E-state index is -0.627. The Balaban J connectivity index is 1.61. The fraction of sp³-hybridized carbons (Fsp3) is 0.207. The van der Waals surface area contributed by atoms with Crippen molar-refractivity contribution in [3.8, 4) is 0 Å². The predicted molar refractivity (Wildman–Crippen MR) is 131 cm³/mol. The number of aryl methyl sites for hydroxylation is 1. The van der Waals surface area contributed by atoms with Crippen molar-refractivity contribution < 1.29 is 23.9 Å². The summed E-state index contributed by atoms with van der Waals surface area (Å²) in [4.78, 5) is 37.8. The maximum atomic E-state index is 13.2. The highest BCUT2D eigenvalue weighted by Crippen LogP contribution is 2.43. The van der Waals surface area contributed by atoms with Gasteiger partial charge in [-0.05, 0) is 59.2 Å². The van der Waals surface area contributed by atoms with Crippen LogP contribution in [0.4, 0.5) is 0 Å². The Morgan fingerprint density at radius 1 is 1.00 bits per heavy atom. The second-order valence-electron chi connectivity index (χ2n) is 9.12. The summed E-state index contributed by atoms with van der Waals surface area (Å²) in [7, 11) is 0. The molecule has 6 rings (SSSR count). The van der Waals surface area contributed by atoms with Gasteiger partial charge in [-0.15, -0.1) is 0 Å². The molecular formula is C29H23NO5. The number of benzene rings is 2. The molecule has 2 aromatic heterocycles. The van der Waals surface area contributed by atoms with Crippen LogP contribution in [0.2, 0.25) is 0 Å². The first-order chi connectivity index (χ1) is 17.0. The number of ether oxygens (including phenoxy) is 2. The normalized spacial score (nSPS) is 17.7. The van der Waals surface area contributed by atoms with Gasteiger partial charge in [0.2, 0.25) is 0 Å². The minimum Gasteiger partial charge on any atom is -0.466 e. The van der Waals surface area contributed by atoms with Gasteiger partial charge in [0.05, 0.1) is 23.3 Å². The summed E-state index contributed by atoms with van der Waals surface area (Å²) in [6, 6.07) is 19.4. The topological polar surface area (TPSA) is 74.1 Å². The molecule has 0 amide bonds. The van der Waals surface area contributed by atoms with Crippen LogP contribution in [-0.4, -0.2) is 28.9 Å². The van der Waals surface area contributed by atoms with Crippen LogP contribution in [0, 0.1) is 5.92 Å². The molecule has 0 saturated carbocycles. The van der Waals surface area contributed by atoms with Crippen LogP contribution in [0.15, 0.2) is 66.9 Å². The number of pyridine rings is 1. The van der Waals surface area contributed by atoms with Crippen LogP contribution >= 0.6 is 0 Å². The largest absolute Gasteiger partial charge is 0.466 e. The van der Waals surface area contributed by atoms with Crippen molar-refractivity contribution in [2.75, 3.05) is 6.61 Å². The number of carbonyl (C=O) groups excluding carboxylic acids is 3. The summed E-state index contributed by atoms with van der Waals surface area (Å²) in [5, 5.41) is 1.87. The minimum absolute atomic E-state index is 0.136. The molecular weight excluding hydrogens is 442 g/mol. The van der Waals surface area contributed by atoms with Crippen LogP contribution in [0.1, 0.15) is 35.7 Å². The Morgan fingerprint density at radius 2 is 1.77 bits per heavy atom. The Labute approximate surface area is 201 Å². The molecule has 3 heterocycles. The first-order valence-corrected chi connectivity index (χ1v) is 11.8. The smallest absolute Gasteiger partial charge is 0.347 e. The van der Waals surface area contributed by atoms with E-state index in [9.17, 15) is 14.4 Å². The average Bonchev–Trinajstić information content (AvgIpc) is 3.34. The molecule has 1 aliphatic carbocycles. The quantitative estimate of drug-likeness (QED) is 0.321. The molecule has 0 N–H and O–H groups in total. The zero-order valence-corrected chi connectivity index (χ0v) is 19.2. The zero-order valence-electron chi connectivity index (χ0n) is 19.2. The molecule has 2 aromatic carbocycles. The van der Waals surface area contributed by atoms with Gasteiger partial charge in [-0.2, -0.15) is 0 Å². The Kier molecular flexibility index (Phi) is 5.02. The van der Waals surface area contributed by atoms with E-state index in [1.165, 1.54) is 6.92 Å². The summed E-state index contributed by atoms with van der Waals surface area (Å²) in [5.74, 6) is -1.42. The molecule has 1 aliphatic heterocycles. The van der Waals surface area contributed by atoms with E-state index >= 15 is 0 Å². The van der Waals surface area contributed by atoms with Crippen LogP contribution in [0.25, 0.3) is 27.4 Å². The lowest BCUT2D eigenvalue weighted by atomic mass is 9.83. The van der Waals surface area contributed by atoms with Crippen molar-refractivity contribution in [2.24, 2.45) is 5.92 Å². The Hall–Kier alpha value is -4.19. The molecule has 1 atom stereocenters. The molecule has 174 valence electrons. The van der Waals surface area contributed by atoms with Crippen molar-refractivity contribution in [1.82, 2.24) is 4.40 Å². The highest BCUT2D eigenvalue weighted by atomic mass is 16.6. The maximum Gasteiger partial charge on any atom is 0.347 e. The zero-order chi connectivity index (χ0) is 24.1. The van der Waals surface area contributed by atoms with E-state index in [1.807, 2.05) is 66.9 Å². The monoisotopic (exact) mass is 465 g/mol. The van der Waals surface area contributed by atoms with Crippen LogP contribution in [0.3, 0.4) is 0 Å². The van der Waals surface area contributed by atoms with Crippen LogP contribution in [-0.2, 0) is 36.7 Å². The van der Waals surface area contributed by atoms with Gasteiger partial charge in [0.25, 0.3) is 0 Å². The fourth-order valence-electron chi connectivity index (χ4n) is 5.51. The number of fused-ring (bicyclic) bond motifs is 4. The van der Waals surface area contributed by atoms with Gasteiger partial charge < -0.3 is 13.9 Å². The molecule has 0 radical (unpaired) electrons. The molecule has 6 nitrogen and oxygen atoms in total. The highest BCUT2D eigenvalue weighted by Gasteiger charge is 2.40. The van der Waals surface area contributed by atoms with E-state index in [0.717, 1.165) is 46.0 Å². The lowest BCUT2D eigenvalue weighted by Gasteiger charge is -2.23. The lowest BCUT2D eigenvalue weighted by molar-refractivity contribution is -0.149. The maximum absolute atomic E-state index is 13.2. The number of esters is 3. The molecule has 0 spiro atoms. The van der Waals surface area contributed by atoms with Crippen molar-refractivity contribution in [3.63, 3.8) is 0 Å². The van der Waals surface area contributed by atoms with Crippen molar-refractivity contribution in [3.05, 3.63) is 89.2 Å². The Bertz CT molecular complexity index is 1570.